The van der Waals surface area contributed by atoms with Crippen molar-refractivity contribution < 1.29 is 4.55 Å². The largest absolute Gasteiger partial charge is 0.616 e. The van der Waals surface area contributed by atoms with Crippen LogP contribution in [0.5, 0.6) is 0 Å². The van der Waals surface area contributed by atoms with Crippen LogP contribution in [0, 0.1) is 0 Å². The van der Waals surface area contributed by atoms with Gasteiger partial charge >= 0.3 is 0 Å². The summed E-state index contributed by atoms with van der Waals surface area (Å²) in [6, 6.07) is 9.73. The molecule has 0 saturated heterocycles. The lowest BCUT2D eigenvalue weighted by atomic mass is 10.1. The van der Waals surface area contributed by atoms with Crippen molar-refractivity contribution in [2.24, 2.45) is 5.73 Å². The Kier molecular flexibility index (Phi) is 3.59. The van der Waals surface area contributed by atoms with Crippen LogP contribution in [0.4, 0.5) is 0 Å². The molecule has 2 atom stereocenters. The van der Waals surface area contributed by atoms with Gasteiger partial charge in [-0.15, -0.1) is 0 Å². The van der Waals surface area contributed by atoms with E-state index in [-0.39, 0.29) is 5.25 Å². The quantitative estimate of drug-likeness (QED) is 0.712. The van der Waals surface area contributed by atoms with Crippen LogP contribution in [0.3, 0.4) is 0 Å². The zero-order chi connectivity index (χ0) is 8.97. The van der Waals surface area contributed by atoms with Crippen molar-refractivity contribution in [3.05, 3.63) is 35.9 Å². The van der Waals surface area contributed by atoms with Gasteiger partial charge in [-0.3, -0.25) is 0 Å². The Morgan fingerprint density at radius 2 is 2.00 bits per heavy atom. The first-order chi connectivity index (χ1) is 5.75. The summed E-state index contributed by atoms with van der Waals surface area (Å²) in [5.74, 6) is 0. The highest BCUT2D eigenvalue weighted by atomic mass is 32.2. The van der Waals surface area contributed by atoms with Crippen LogP contribution in [-0.2, 0) is 11.2 Å². The first kappa shape index (κ1) is 9.58. The fourth-order valence-corrected chi connectivity index (χ4v) is 1.94. The Balaban J connectivity index is 2.80. The summed E-state index contributed by atoms with van der Waals surface area (Å²) < 4.78 is 11.2. The first-order valence-electron chi connectivity index (χ1n) is 3.83. The van der Waals surface area contributed by atoms with Crippen LogP contribution in [-0.4, -0.2) is 17.4 Å². The monoisotopic (exact) mass is 183 g/mol. The van der Waals surface area contributed by atoms with E-state index in [1.807, 2.05) is 30.3 Å². The molecule has 0 amide bonds. The number of hydrogen-bond donors (Lipinski definition) is 1. The molecule has 2 nitrogen and oxygen atoms in total. The topological polar surface area (TPSA) is 49.1 Å². The SMILES string of the molecule is C[S+]([O-])C(CN)c1ccccc1. The van der Waals surface area contributed by atoms with Crippen molar-refractivity contribution in [1.29, 1.82) is 0 Å². The Morgan fingerprint density at radius 1 is 1.42 bits per heavy atom. The maximum atomic E-state index is 11.2. The molecule has 66 valence electrons. The normalized spacial score (nSPS) is 15.6. The molecule has 0 spiro atoms. The fraction of sp³-hybridized carbons (Fsp3) is 0.333. The maximum Gasteiger partial charge on any atom is 0.152 e. The van der Waals surface area contributed by atoms with Gasteiger partial charge in [-0.1, -0.05) is 30.3 Å². The van der Waals surface area contributed by atoms with Crippen LogP contribution in [0.1, 0.15) is 10.8 Å². The van der Waals surface area contributed by atoms with Gasteiger partial charge in [0, 0.05) is 12.1 Å². The molecule has 0 heterocycles. The molecule has 0 aliphatic carbocycles. The third-order valence-corrected chi connectivity index (χ3v) is 3.05. The zero-order valence-corrected chi connectivity index (χ0v) is 7.88. The van der Waals surface area contributed by atoms with Crippen molar-refractivity contribution in [3.63, 3.8) is 0 Å². The Morgan fingerprint density at radius 3 is 2.42 bits per heavy atom. The summed E-state index contributed by atoms with van der Waals surface area (Å²) in [6.07, 6.45) is 1.69. The second-order valence-corrected chi connectivity index (χ2v) is 4.20. The van der Waals surface area contributed by atoms with Gasteiger partial charge in [-0.2, -0.15) is 0 Å². The van der Waals surface area contributed by atoms with Gasteiger partial charge < -0.3 is 10.3 Å². The Labute approximate surface area is 76.0 Å². The highest BCUT2D eigenvalue weighted by molar-refractivity contribution is 7.90. The second kappa shape index (κ2) is 4.50. The minimum absolute atomic E-state index is 0.0220. The van der Waals surface area contributed by atoms with E-state index >= 15 is 0 Å². The molecular formula is C9H13NOS. The van der Waals surface area contributed by atoms with Gasteiger partial charge in [-0.25, -0.2) is 0 Å². The summed E-state index contributed by atoms with van der Waals surface area (Å²) in [5.41, 5.74) is 6.57. The molecule has 0 radical (unpaired) electrons. The molecule has 0 fully saturated rings. The molecule has 12 heavy (non-hydrogen) atoms. The molecule has 0 aromatic heterocycles. The minimum Gasteiger partial charge on any atom is -0.616 e. The Hall–Kier alpha value is -0.510. The van der Waals surface area contributed by atoms with Crippen LogP contribution >= 0.6 is 0 Å². The smallest absolute Gasteiger partial charge is 0.152 e. The van der Waals surface area contributed by atoms with Gasteiger partial charge in [0.1, 0.15) is 0 Å². The van der Waals surface area contributed by atoms with Crippen molar-refractivity contribution in [1.82, 2.24) is 0 Å². The summed E-state index contributed by atoms with van der Waals surface area (Å²) >= 11 is -0.879. The predicted octanol–water partition coefficient (Wildman–Crippen LogP) is 1.06. The molecular weight excluding hydrogens is 170 g/mol. The van der Waals surface area contributed by atoms with Crippen LogP contribution < -0.4 is 5.73 Å². The van der Waals surface area contributed by atoms with E-state index in [2.05, 4.69) is 0 Å². The summed E-state index contributed by atoms with van der Waals surface area (Å²) in [6.45, 7) is 0.438. The summed E-state index contributed by atoms with van der Waals surface area (Å²) in [4.78, 5) is 0. The van der Waals surface area contributed by atoms with Crippen LogP contribution in [0.2, 0.25) is 0 Å². The lowest BCUT2D eigenvalue weighted by Gasteiger charge is -2.16. The standard InChI is InChI=1S/C9H13NOS/c1-12(11)9(7-10)8-5-3-2-4-6-8/h2-6,9H,7,10H2,1H3. The average Bonchev–Trinajstić information content (AvgIpc) is 2.07. The van der Waals surface area contributed by atoms with E-state index in [1.54, 1.807) is 6.26 Å². The van der Waals surface area contributed by atoms with Gasteiger partial charge in [0.25, 0.3) is 0 Å². The Bertz CT molecular complexity index is 225. The summed E-state index contributed by atoms with van der Waals surface area (Å²) in [7, 11) is 0. The van der Waals surface area contributed by atoms with Crippen molar-refractivity contribution in [2.75, 3.05) is 12.8 Å². The van der Waals surface area contributed by atoms with E-state index in [1.165, 1.54) is 0 Å². The second-order valence-electron chi connectivity index (χ2n) is 2.63. The molecule has 2 N–H and O–H groups in total. The number of nitrogens with two attached hydrogens (primary N) is 1. The number of rotatable bonds is 3. The molecule has 1 aromatic carbocycles. The minimum atomic E-state index is -0.879. The van der Waals surface area contributed by atoms with Crippen molar-refractivity contribution in [2.45, 2.75) is 5.25 Å². The van der Waals surface area contributed by atoms with E-state index in [0.717, 1.165) is 5.56 Å². The van der Waals surface area contributed by atoms with Gasteiger partial charge in [0.05, 0.1) is 6.26 Å². The lowest BCUT2D eigenvalue weighted by molar-refractivity contribution is 0.587. The average molecular weight is 183 g/mol. The molecule has 0 aliphatic rings. The van der Waals surface area contributed by atoms with E-state index < -0.39 is 11.2 Å². The van der Waals surface area contributed by atoms with Crippen molar-refractivity contribution >= 4 is 11.2 Å². The molecule has 1 aromatic rings. The molecule has 3 heteroatoms. The van der Waals surface area contributed by atoms with E-state index in [0.29, 0.717) is 6.54 Å². The van der Waals surface area contributed by atoms with E-state index in [4.69, 9.17) is 5.73 Å². The predicted molar refractivity (Wildman–Crippen MR) is 52.3 cm³/mol. The lowest BCUT2D eigenvalue weighted by Crippen LogP contribution is -2.20. The number of hydrogen-bond acceptors (Lipinski definition) is 2. The summed E-state index contributed by atoms with van der Waals surface area (Å²) in [5, 5.41) is -0.0220. The van der Waals surface area contributed by atoms with Gasteiger partial charge in [-0.05, 0) is 11.2 Å². The van der Waals surface area contributed by atoms with Gasteiger partial charge in [0.15, 0.2) is 5.25 Å². The van der Waals surface area contributed by atoms with Gasteiger partial charge in [0.2, 0.25) is 0 Å². The number of benzene rings is 1. The van der Waals surface area contributed by atoms with Crippen LogP contribution in [0.15, 0.2) is 30.3 Å². The zero-order valence-electron chi connectivity index (χ0n) is 7.07. The maximum absolute atomic E-state index is 11.2. The molecule has 1 rings (SSSR count). The fourth-order valence-electron chi connectivity index (χ4n) is 1.13. The molecule has 0 saturated carbocycles. The van der Waals surface area contributed by atoms with Crippen LogP contribution in [0.25, 0.3) is 0 Å². The molecule has 2 unspecified atom stereocenters. The highest BCUT2D eigenvalue weighted by Gasteiger charge is 2.17. The molecule has 0 aliphatic heterocycles. The highest BCUT2D eigenvalue weighted by Crippen LogP contribution is 2.19. The van der Waals surface area contributed by atoms with Crippen molar-refractivity contribution in [3.8, 4) is 0 Å². The third-order valence-electron chi connectivity index (χ3n) is 1.79. The third kappa shape index (κ3) is 2.24. The molecule has 0 bridgehead atoms. The first-order valence-corrected chi connectivity index (χ1v) is 5.45. The van der Waals surface area contributed by atoms with E-state index in [9.17, 15) is 4.55 Å².